The predicted octanol–water partition coefficient (Wildman–Crippen LogP) is 0.309. The number of aromatic nitrogens is 1. The molecule has 0 fully saturated rings. The van der Waals surface area contributed by atoms with Crippen molar-refractivity contribution in [2.45, 2.75) is 20.0 Å². The van der Waals surface area contributed by atoms with Gasteiger partial charge < -0.3 is 20.9 Å². The Morgan fingerprint density at radius 2 is 2.16 bits per heavy atom. The van der Waals surface area contributed by atoms with E-state index >= 15 is 0 Å². The molecule has 1 aromatic rings. The number of carbonyl (C=O) groups excluding carboxylic acids is 1. The van der Waals surface area contributed by atoms with E-state index in [1.54, 1.807) is 19.9 Å². The molecule has 0 radical (unpaired) electrons. The summed E-state index contributed by atoms with van der Waals surface area (Å²) in [7, 11) is 1.30. The molecule has 0 bridgehead atoms. The van der Waals surface area contributed by atoms with Crippen LogP contribution in [0.15, 0.2) is 6.07 Å². The first-order valence-electron chi connectivity index (χ1n) is 5.64. The number of nitrogens with one attached hydrogen (secondary N) is 1. The molecule has 7 heteroatoms. The zero-order chi connectivity index (χ0) is 14.6. The number of hydrogen-bond acceptors (Lipinski definition) is 5. The standard InChI is InChI=1S/C12H17N3O4/c1-6-4-8(10(11(13)16)7(2)15-6)14-5-9(19-3)12(17)18/h4,9H,5H2,1-3H3,(H2,13,16)(H,14,15)(H,17,18). The minimum atomic E-state index is -1.09. The van der Waals surface area contributed by atoms with E-state index in [-0.39, 0.29) is 12.1 Å². The number of carboxylic acids is 1. The monoisotopic (exact) mass is 267 g/mol. The first-order chi connectivity index (χ1) is 8.86. The number of nitrogens with zero attached hydrogens (tertiary/aromatic N) is 1. The highest BCUT2D eigenvalue weighted by molar-refractivity contribution is 5.99. The lowest BCUT2D eigenvalue weighted by atomic mass is 10.1. The minimum Gasteiger partial charge on any atom is -0.479 e. The second kappa shape index (κ2) is 6.14. The summed E-state index contributed by atoms with van der Waals surface area (Å²) < 4.78 is 4.80. The van der Waals surface area contributed by atoms with Crippen molar-refractivity contribution in [1.82, 2.24) is 4.98 Å². The fraction of sp³-hybridized carbons (Fsp3) is 0.417. The van der Waals surface area contributed by atoms with E-state index in [2.05, 4.69) is 10.3 Å². The lowest BCUT2D eigenvalue weighted by Gasteiger charge is -2.16. The number of pyridine rings is 1. The van der Waals surface area contributed by atoms with Crippen LogP contribution >= 0.6 is 0 Å². The molecule has 0 spiro atoms. The molecule has 1 atom stereocenters. The normalized spacial score (nSPS) is 11.9. The maximum atomic E-state index is 11.4. The van der Waals surface area contributed by atoms with Crippen LogP contribution in [0.25, 0.3) is 0 Å². The third kappa shape index (κ3) is 3.65. The zero-order valence-corrected chi connectivity index (χ0v) is 11.1. The molecular weight excluding hydrogens is 250 g/mol. The summed E-state index contributed by atoms with van der Waals surface area (Å²) in [6, 6.07) is 1.64. The quantitative estimate of drug-likeness (QED) is 0.683. The third-order valence-electron chi connectivity index (χ3n) is 2.61. The molecule has 104 valence electrons. The van der Waals surface area contributed by atoms with E-state index in [1.165, 1.54) is 7.11 Å². The minimum absolute atomic E-state index is 0.0228. The Balaban J connectivity index is 3.00. The Morgan fingerprint density at radius 3 is 2.63 bits per heavy atom. The van der Waals surface area contributed by atoms with Gasteiger partial charge in [0.1, 0.15) is 0 Å². The van der Waals surface area contributed by atoms with Gasteiger partial charge in [-0.3, -0.25) is 9.78 Å². The van der Waals surface area contributed by atoms with Crippen molar-refractivity contribution in [2.24, 2.45) is 5.73 Å². The number of rotatable bonds is 6. The average molecular weight is 267 g/mol. The molecule has 0 aliphatic carbocycles. The SMILES string of the molecule is COC(CNc1cc(C)nc(C)c1C(N)=O)C(=O)O. The van der Waals surface area contributed by atoms with Gasteiger partial charge in [0.25, 0.3) is 5.91 Å². The van der Waals surface area contributed by atoms with Crippen LogP contribution in [-0.4, -0.2) is 41.7 Å². The van der Waals surface area contributed by atoms with Crippen molar-refractivity contribution >= 4 is 17.6 Å². The van der Waals surface area contributed by atoms with Crippen molar-refractivity contribution in [3.63, 3.8) is 0 Å². The average Bonchev–Trinajstić information content (AvgIpc) is 2.27. The van der Waals surface area contributed by atoms with Gasteiger partial charge in [-0.25, -0.2) is 4.79 Å². The number of primary amides is 1. The number of carboxylic acid groups (broad SMARTS) is 1. The van der Waals surface area contributed by atoms with Crippen molar-refractivity contribution in [3.05, 3.63) is 23.0 Å². The molecular formula is C12H17N3O4. The molecule has 1 heterocycles. The molecule has 4 N–H and O–H groups in total. The molecule has 0 aliphatic rings. The molecule has 0 saturated heterocycles. The van der Waals surface area contributed by atoms with Gasteiger partial charge in [0.2, 0.25) is 0 Å². The third-order valence-corrected chi connectivity index (χ3v) is 2.61. The van der Waals surface area contributed by atoms with Gasteiger partial charge in [-0.05, 0) is 19.9 Å². The van der Waals surface area contributed by atoms with Crippen molar-refractivity contribution < 1.29 is 19.4 Å². The number of methoxy groups -OCH3 is 1. The number of hydrogen-bond donors (Lipinski definition) is 3. The number of amides is 1. The smallest absolute Gasteiger partial charge is 0.334 e. The lowest BCUT2D eigenvalue weighted by Crippen LogP contribution is -2.31. The second-order valence-electron chi connectivity index (χ2n) is 4.08. The number of carbonyl (C=O) groups is 2. The molecule has 0 saturated carbocycles. The Labute approximate surface area is 110 Å². The first kappa shape index (κ1) is 14.9. The van der Waals surface area contributed by atoms with Gasteiger partial charge in [0.05, 0.1) is 23.5 Å². The molecule has 0 aromatic carbocycles. The van der Waals surface area contributed by atoms with Crippen LogP contribution in [0, 0.1) is 13.8 Å². The molecule has 0 aliphatic heterocycles. The largest absolute Gasteiger partial charge is 0.479 e. The van der Waals surface area contributed by atoms with Crippen molar-refractivity contribution in [2.75, 3.05) is 19.0 Å². The first-order valence-corrected chi connectivity index (χ1v) is 5.64. The number of ether oxygens (including phenoxy) is 1. The molecule has 19 heavy (non-hydrogen) atoms. The van der Waals surface area contributed by atoms with Crippen LogP contribution in [-0.2, 0) is 9.53 Å². The molecule has 1 unspecified atom stereocenters. The summed E-state index contributed by atoms with van der Waals surface area (Å²) in [5.41, 5.74) is 7.21. The molecule has 7 nitrogen and oxygen atoms in total. The van der Waals surface area contributed by atoms with Crippen molar-refractivity contribution in [1.29, 1.82) is 0 Å². The fourth-order valence-corrected chi connectivity index (χ4v) is 1.75. The summed E-state index contributed by atoms with van der Waals surface area (Å²) in [4.78, 5) is 26.4. The Morgan fingerprint density at radius 1 is 1.53 bits per heavy atom. The highest BCUT2D eigenvalue weighted by Gasteiger charge is 2.18. The van der Waals surface area contributed by atoms with E-state index in [0.717, 1.165) is 0 Å². The lowest BCUT2D eigenvalue weighted by molar-refractivity contribution is -0.147. The van der Waals surface area contributed by atoms with Gasteiger partial charge in [0, 0.05) is 12.8 Å². The second-order valence-corrected chi connectivity index (χ2v) is 4.08. The predicted molar refractivity (Wildman–Crippen MR) is 69.2 cm³/mol. The summed E-state index contributed by atoms with van der Waals surface area (Å²) in [5, 5.41) is 11.7. The van der Waals surface area contributed by atoms with Crippen LogP contribution in [0.2, 0.25) is 0 Å². The topological polar surface area (TPSA) is 115 Å². The fourth-order valence-electron chi connectivity index (χ4n) is 1.75. The summed E-state index contributed by atoms with van der Waals surface area (Å²) in [6.07, 6.45) is -1.01. The van der Waals surface area contributed by atoms with Crippen LogP contribution in [0.3, 0.4) is 0 Å². The van der Waals surface area contributed by atoms with Crippen LogP contribution in [0.1, 0.15) is 21.7 Å². The van der Waals surface area contributed by atoms with E-state index in [1.807, 2.05) is 0 Å². The van der Waals surface area contributed by atoms with Crippen molar-refractivity contribution in [3.8, 4) is 0 Å². The number of aryl methyl sites for hydroxylation is 2. The summed E-state index contributed by atoms with van der Waals surface area (Å²) in [6.45, 7) is 3.46. The van der Waals surface area contributed by atoms with E-state index in [0.29, 0.717) is 17.1 Å². The van der Waals surface area contributed by atoms with Crippen LogP contribution < -0.4 is 11.1 Å². The molecule has 1 aromatic heterocycles. The van der Waals surface area contributed by atoms with E-state index < -0.39 is 18.0 Å². The maximum Gasteiger partial charge on any atom is 0.334 e. The van der Waals surface area contributed by atoms with Gasteiger partial charge in [-0.15, -0.1) is 0 Å². The number of nitrogens with two attached hydrogens (primary N) is 1. The van der Waals surface area contributed by atoms with Crippen LogP contribution in [0.5, 0.6) is 0 Å². The summed E-state index contributed by atoms with van der Waals surface area (Å²) in [5.74, 6) is -1.70. The highest BCUT2D eigenvalue weighted by Crippen LogP contribution is 2.19. The molecule has 1 rings (SSSR count). The number of aliphatic carboxylic acids is 1. The zero-order valence-electron chi connectivity index (χ0n) is 11.1. The number of anilines is 1. The van der Waals surface area contributed by atoms with E-state index in [9.17, 15) is 9.59 Å². The Bertz CT molecular complexity index is 502. The van der Waals surface area contributed by atoms with Gasteiger partial charge in [-0.2, -0.15) is 0 Å². The Hall–Kier alpha value is -2.15. The summed E-state index contributed by atoms with van der Waals surface area (Å²) >= 11 is 0. The molecule has 1 amide bonds. The Kier molecular flexibility index (Phi) is 4.82. The van der Waals surface area contributed by atoms with Gasteiger partial charge in [0.15, 0.2) is 6.10 Å². The maximum absolute atomic E-state index is 11.4. The van der Waals surface area contributed by atoms with Gasteiger partial charge >= 0.3 is 5.97 Å². The van der Waals surface area contributed by atoms with Crippen LogP contribution in [0.4, 0.5) is 5.69 Å². The van der Waals surface area contributed by atoms with Gasteiger partial charge in [-0.1, -0.05) is 0 Å². The highest BCUT2D eigenvalue weighted by atomic mass is 16.5. The van der Waals surface area contributed by atoms with E-state index in [4.69, 9.17) is 15.6 Å².